The molecule has 108 valence electrons. The van der Waals surface area contributed by atoms with E-state index in [1.54, 1.807) is 0 Å². The van der Waals surface area contributed by atoms with Gasteiger partial charge in [-0.05, 0) is 25.2 Å². The predicted molar refractivity (Wildman–Crippen MR) is 67.8 cm³/mol. The van der Waals surface area contributed by atoms with Crippen molar-refractivity contribution in [2.45, 2.75) is 76.4 Å². The summed E-state index contributed by atoms with van der Waals surface area (Å²) in [5.41, 5.74) is 2.95. The van der Waals surface area contributed by atoms with Crippen molar-refractivity contribution >= 4 is 5.97 Å². The van der Waals surface area contributed by atoms with E-state index in [0.717, 1.165) is 32.1 Å². The van der Waals surface area contributed by atoms with Crippen LogP contribution in [-0.4, -0.2) is 23.6 Å². The van der Waals surface area contributed by atoms with Gasteiger partial charge in [0.25, 0.3) is 5.79 Å². The zero-order valence-electron chi connectivity index (χ0n) is 11.7. The number of hydrogen-bond donors (Lipinski definition) is 1. The van der Waals surface area contributed by atoms with Gasteiger partial charge in [-0.15, -0.1) is 0 Å². The summed E-state index contributed by atoms with van der Waals surface area (Å²) in [4.78, 5) is 17.7. The fourth-order valence-corrected chi connectivity index (χ4v) is 3.38. The average molecular weight is 269 g/mol. The number of esters is 1. The van der Waals surface area contributed by atoms with Gasteiger partial charge in [-0.1, -0.05) is 20.3 Å². The molecule has 3 fully saturated rings. The van der Waals surface area contributed by atoms with Crippen LogP contribution in [0.2, 0.25) is 0 Å². The van der Waals surface area contributed by atoms with Gasteiger partial charge in [-0.25, -0.2) is 4.79 Å². The maximum atomic E-state index is 12.2. The molecule has 0 bridgehead atoms. The Bertz CT molecular complexity index is 364. The smallest absolute Gasteiger partial charge is 0.371 e. The van der Waals surface area contributed by atoms with Crippen LogP contribution in [0.15, 0.2) is 0 Å². The zero-order valence-corrected chi connectivity index (χ0v) is 11.7. The summed E-state index contributed by atoms with van der Waals surface area (Å²) in [6.45, 7) is 4.31. The lowest BCUT2D eigenvalue weighted by molar-refractivity contribution is -0.270. The molecule has 2 unspecified atom stereocenters. The number of carbonyl (C=O) groups is 1. The molecule has 0 aromatic rings. The number of rotatable bonds is 2. The summed E-state index contributed by atoms with van der Waals surface area (Å²) in [5, 5.41) is 0. The molecule has 0 radical (unpaired) electrons. The molecule has 0 aromatic carbocycles. The molecule has 2 heterocycles. The van der Waals surface area contributed by atoms with E-state index >= 15 is 0 Å². The predicted octanol–water partition coefficient (Wildman–Crippen LogP) is 2.26. The minimum atomic E-state index is -1.20. The standard InChI is InChI=1S/C14H23NO4/c1-10(2)8-11-9-14(19-15-11)12(16)17-13(18-14)6-4-3-5-7-13/h10-11,15H,3-9H2,1-2H3. The highest BCUT2D eigenvalue weighted by atomic mass is 16.9. The first-order chi connectivity index (χ1) is 9.04. The Morgan fingerprint density at radius 2 is 2.05 bits per heavy atom. The molecule has 2 atom stereocenters. The molecule has 0 amide bonds. The second-order valence-electron chi connectivity index (χ2n) is 6.47. The maximum Gasteiger partial charge on any atom is 0.371 e. The number of carbonyl (C=O) groups excluding carboxylic acids is 1. The minimum Gasteiger partial charge on any atom is -0.429 e. The second kappa shape index (κ2) is 4.72. The first-order valence-corrected chi connectivity index (χ1v) is 7.41. The molecule has 2 saturated heterocycles. The summed E-state index contributed by atoms with van der Waals surface area (Å²) >= 11 is 0. The molecule has 0 aromatic heterocycles. The molecule has 3 rings (SSSR count). The van der Waals surface area contributed by atoms with Crippen LogP contribution in [-0.2, 0) is 19.1 Å². The first-order valence-electron chi connectivity index (χ1n) is 7.41. The highest BCUT2D eigenvalue weighted by Crippen LogP contribution is 2.46. The Morgan fingerprint density at radius 3 is 2.74 bits per heavy atom. The van der Waals surface area contributed by atoms with E-state index in [9.17, 15) is 4.79 Å². The highest BCUT2D eigenvalue weighted by Gasteiger charge is 2.62. The Labute approximate surface area is 113 Å². The Kier molecular flexibility index (Phi) is 3.31. The van der Waals surface area contributed by atoms with Crippen LogP contribution in [0.5, 0.6) is 0 Å². The van der Waals surface area contributed by atoms with Crippen LogP contribution in [0.3, 0.4) is 0 Å². The lowest BCUT2D eigenvalue weighted by Crippen LogP contribution is -2.39. The highest BCUT2D eigenvalue weighted by molar-refractivity contribution is 5.80. The van der Waals surface area contributed by atoms with Gasteiger partial charge < -0.3 is 4.74 Å². The molecule has 2 spiro atoms. The van der Waals surface area contributed by atoms with E-state index < -0.39 is 11.6 Å². The van der Waals surface area contributed by atoms with Gasteiger partial charge in [-0.2, -0.15) is 5.48 Å². The van der Waals surface area contributed by atoms with E-state index in [1.165, 1.54) is 6.42 Å². The molecule has 3 aliphatic rings. The van der Waals surface area contributed by atoms with Crippen molar-refractivity contribution in [2.24, 2.45) is 5.92 Å². The molecule has 5 nitrogen and oxygen atoms in total. The number of hydrogen-bond acceptors (Lipinski definition) is 5. The first kappa shape index (κ1) is 13.3. The minimum absolute atomic E-state index is 0.159. The molecule has 1 aliphatic carbocycles. The molecule has 1 saturated carbocycles. The molecular formula is C14H23NO4. The normalized spacial score (nSPS) is 37.4. The van der Waals surface area contributed by atoms with Crippen molar-refractivity contribution < 1.29 is 19.1 Å². The van der Waals surface area contributed by atoms with Crippen LogP contribution in [0.25, 0.3) is 0 Å². The molecule has 5 heteroatoms. The largest absolute Gasteiger partial charge is 0.429 e. The third-order valence-electron chi connectivity index (χ3n) is 4.22. The monoisotopic (exact) mass is 269 g/mol. The third kappa shape index (κ3) is 2.39. The summed E-state index contributed by atoms with van der Waals surface area (Å²) in [7, 11) is 0. The summed E-state index contributed by atoms with van der Waals surface area (Å²) in [6, 6.07) is 0.159. The van der Waals surface area contributed by atoms with E-state index in [2.05, 4.69) is 19.3 Å². The van der Waals surface area contributed by atoms with Gasteiger partial charge in [0.2, 0.25) is 5.79 Å². The van der Waals surface area contributed by atoms with Crippen molar-refractivity contribution in [1.29, 1.82) is 0 Å². The van der Waals surface area contributed by atoms with Gasteiger partial charge in [0, 0.05) is 25.3 Å². The lowest BCUT2D eigenvalue weighted by Gasteiger charge is -2.31. The van der Waals surface area contributed by atoms with E-state index in [4.69, 9.17) is 14.3 Å². The number of ether oxygens (including phenoxy) is 2. The van der Waals surface area contributed by atoms with E-state index in [-0.39, 0.29) is 12.0 Å². The lowest BCUT2D eigenvalue weighted by atomic mass is 9.94. The van der Waals surface area contributed by atoms with Crippen molar-refractivity contribution in [2.75, 3.05) is 0 Å². The molecule has 1 N–H and O–H groups in total. The Balaban J connectivity index is 1.70. The van der Waals surface area contributed by atoms with Crippen LogP contribution in [0.1, 0.15) is 58.8 Å². The van der Waals surface area contributed by atoms with E-state index in [1.807, 2.05) is 0 Å². The second-order valence-corrected chi connectivity index (χ2v) is 6.47. The van der Waals surface area contributed by atoms with Crippen LogP contribution in [0, 0.1) is 5.92 Å². The third-order valence-corrected chi connectivity index (χ3v) is 4.22. The summed E-state index contributed by atoms with van der Waals surface area (Å²) in [5.74, 6) is -1.72. The van der Waals surface area contributed by atoms with Crippen molar-refractivity contribution in [3.8, 4) is 0 Å². The average Bonchev–Trinajstić information content (AvgIpc) is 2.83. The Hall–Kier alpha value is -0.650. The zero-order chi connectivity index (χ0) is 13.5. The van der Waals surface area contributed by atoms with Crippen LogP contribution < -0.4 is 5.48 Å². The fourth-order valence-electron chi connectivity index (χ4n) is 3.38. The van der Waals surface area contributed by atoms with Gasteiger partial charge in [0.1, 0.15) is 0 Å². The van der Waals surface area contributed by atoms with Crippen LogP contribution >= 0.6 is 0 Å². The van der Waals surface area contributed by atoms with E-state index in [0.29, 0.717) is 12.3 Å². The van der Waals surface area contributed by atoms with Crippen molar-refractivity contribution in [1.82, 2.24) is 5.48 Å². The van der Waals surface area contributed by atoms with Gasteiger partial charge in [0.05, 0.1) is 0 Å². The van der Waals surface area contributed by atoms with Gasteiger partial charge in [0.15, 0.2) is 0 Å². The molecule has 2 aliphatic heterocycles. The fraction of sp³-hybridized carbons (Fsp3) is 0.929. The number of hydroxylamine groups is 1. The van der Waals surface area contributed by atoms with Gasteiger partial charge in [-0.3, -0.25) is 9.57 Å². The quantitative estimate of drug-likeness (QED) is 0.779. The van der Waals surface area contributed by atoms with Crippen molar-refractivity contribution in [3.63, 3.8) is 0 Å². The Morgan fingerprint density at radius 1 is 1.32 bits per heavy atom. The number of nitrogens with one attached hydrogen (secondary N) is 1. The summed E-state index contributed by atoms with van der Waals surface area (Å²) in [6.07, 6.45) is 6.37. The van der Waals surface area contributed by atoms with Crippen molar-refractivity contribution in [3.05, 3.63) is 0 Å². The topological polar surface area (TPSA) is 56.8 Å². The maximum absolute atomic E-state index is 12.2. The molecular weight excluding hydrogens is 246 g/mol. The van der Waals surface area contributed by atoms with Gasteiger partial charge >= 0.3 is 5.97 Å². The molecule has 19 heavy (non-hydrogen) atoms. The SMILES string of the molecule is CC(C)CC1CC2(ON1)OC1(CCCCC1)OC2=O. The summed E-state index contributed by atoms with van der Waals surface area (Å²) < 4.78 is 11.6. The van der Waals surface area contributed by atoms with Crippen LogP contribution in [0.4, 0.5) is 0 Å².